The highest BCUT2D eigenvalue weighted by molar-refractivity contribution is 5.15. The minimum Gasteiger partial charge on any atom is -0.304 e. The monoisotopic (exact) mass is 137 g/mol. The summed E-state index contributed by atoms with van der Waals surface area (Å²) in [4.78, 5) is 0. The first-order valence-electron chi connectivity index (χ1n) is 3.84. The summed E-state index contributed by atoms with van der Waals surface area (Å²) < 4.78 is 0. The first-order valence-corrected chi connectivity index (χ1v) is 3.84. The third kappa shape index (κ3) is 2.41. The molecule has 0 aliphatic carbocycles. The highest BCUT2D eigenvalue weighted by Gasteiger charge is 2.13. The summed E-state index contributed by atoms with van der Waals surface area (Å²) in [5.41, 5.74) is 0.164. The SMILES string of the molecule is CC(C)(C)C#CC1CCN1. The van der Waals surface area contributed by atoms with E-state index in [0.717, 1.165) is 6.54 Å². The van der Waals surface area contributed by atoms with Crippen LogP contribution in [0.4, 0.5) is 0 Å². The fraction of sp³-hybridized carbons (Fsp3) is 0.778. The molecule has 0 bridgehead atoms. The largest absolute Gasteiger partial charge is 0.304 e. The van der Waals surface area contributed by atoms with Gasteiger partial charge in [-0.3, -0.25) is 0 Å². The number of nitrogens with one attached hydrogen (secondary N) is 1. The maximum absolute atomic E-state index is 3.24. The summed E-state index contributed by atoms with van der Waals surface area (Å²) >= 11 is 0. The van der Waals surface area contributed by atoms with E-state index in [1.165, 1.54) is 6.42 Å². The van der Waals surface area contributed by atoms with Gasteiger partial charge in [0.1, 0.15) is 0 Å². The van der Waals surface area contributed by atoms with Gasteiger partial charge in [0.05, 0.1) is 6.04 Å². The molecule has 0 saturated carbocycles. The minimum absolute atomic E-state index is 0.164. The van der Waals surface area contributed by atoms with Crippen LogP contribution in [0.25, 0.3) is 0 Å². The summed E-state index contributed by atoms with van der Waals surface area (Å²) in [6.07, 6.45) is 1.23. The molecule has 10 heavy (non-hydrogen) atoms. The van der Waals surface area contributed by atoms with Gasteiger partial charge in [-0.05, 0) is 33.7 Å². The lowest BCUT2D eigenvalue weighted by Gasteiger charge is -2.22. The molecule has 1 rings (SSSR count). The van der Waals surface area contributed by atoms with Gasteiger partial charge in [0, 0.05) is 5.41 Å². The van der Waals surface area contributed by atoms with Crippen LogP contribution in [0, 0.1) is 17.3 Å². The lowest BCUT2D eigenvalue weighted by atomic mass is 9.96. The van der Waals surface area contributed by atoms with E-state index in [1.807, 2.05) is 0 Å². The summed E-state index contributed by atoms with van der Waals surface area (Å²) in [5, 5.41) is 3.24. The van der Waals surface area contributed by atoms with Gasteiger partial charge in [-0.1, -0.05) is 11.8 Å². The van der Waals surface area contributed by atoms with Crippen molar-refractivity contribution in [2.75, 3.05) is 6.54 Å². The smallest absolute Gasteiger partial charge is 0.0702 e. The molecule has 56 valence electrons. The van der Waals surface area contributed by atoms with Crippen molar-refractivity contribution < 1.29 is 0 Å². The van der Waals surface area contributed by atoms with Crippen LogP contribution in [0.1, 0.15) is 27.2 Å². The Bertz CT molecular complexity index is 161. The molecule has 0 aromatic heterocycles. The van der Waals surface area contributed by atoms with E-state index in [9.17, 15) is 0 Å². The van der Waals surface area contributed by atoms with E-state index in [1.54, 1.807) is 0 Å². The highest BCUT2D eigenvalue weighted by Crippen LogP contribution is 2.10. The number of hydrogen-bond donors (Lipinski definition) is 1. The first-order chi connectivity index (χ1) is 4.58. The minimum atomic E-state index is 0.164. The Kier molecular flexibility index (Phi) is 2.01. The van der Waals surface area contributed by atoms with Crippen molar-refractivity contribution in [1.29, 1.82) is 0 Å². The topological polar surface area (TPSA) is 12.0 Å². The van der Waals surface area contributed by atoms with E-state index in [-0.39, 0.29) is 5.41 Å². The van der Waals surface area contributed by atoms with Crippen molar-refractivity contribution in [2.45, 2.75) is 33.2 Å². The molecule has 1 N–H and O–H groups in total. The van der Waals surface area contributed by atoms with Crippen LogP contribution in [0.5, 0.6) is 0 Å². The highest BCUT2D eigenvalue weighted by atomic mass is 15.0. The molecule has 1 heterocycles. The lowest BCUT2D eigenvalue weighted by molar-refractivity contribution is 0.446. The molecule has 1 aliphatic rings. The van der Waals surface area contributed by atoms with Crippen molar-refractivity contribution in [1.82, 2.24) is 5.32 Å². The second-order valence-corrected chi connectivity index (χ2v) is 3.81. The van der Waals surface area contributed by atoms with E-state index in [0.29, 0.717) is 6.04 Å². The van der Waals surface area contributed by atoms with Crippen LogP contribution in [0.15, 0.2) is 0 Å². The molecular weight excluding hydrogens is 122 g/mol. The zero-order chi connectivity index (χ0) is 7.61. The predicted molar refractivity (Wildman–Crippen MR) is 43.6 cm³/mol. The van der Waals surface area contributed by atoms with Gasteiger partial charge in [-0.25, -0.2) is 0 Å². The van der Waals surface area contributed by atoms with Gasteiger partial charge in [0.2, 0.25) is 0 Å². The van der Waals surface area contributed by atoms with Crippen molar-refractivity contribution in [3.63, 3.8) is 0 Å². The molecule has 1 fully saturated rings. The van der Waals surface area contributed by atoms with Crippen molar-refractivity contribution >= 4 is 0 Å². The van der Waals surface area contributed by atoms with Crippen LogP contribution >= 0.6 is 0 Å². The molecule has 1 unspecified atom stereocenters. The van der Waals surface area contributed by atoms with Gasteiger partial charge in [0.25, 0.3) is 0 Å². The summed E-state index contributed by atoms with van der Waals surface area (Å²) in [7, 11) is 0. The van der Waals surface area contributed by atoms with Crippen molar-refractivity contribution in [3.05, 3.63) is 0 Å². The third-order valence-electron chi connectivity index (χ3n) is 1.45. The molecule has 0 aromatic rings. The summed E-state index contributed by atoms with van der Waals surface area (Å²) in [5.74, 6) is 6.41. The zero-order valence-corrected chi connectivity index (χ0v) is 6.99. The second-order valence-electron chi connectivity index (χ2n) is 3.81. The maximum Gasteiger partial charge on any atom is 0.0702 e. The van der Waals surface area contributed by atoms with Crippen molar-refractivity contribution in [2.24, 2.45) is 5.41 Å². The molecule has 0 amide bonds. The lowest BCUT2D eigenvalue weighted by Crippen LogP contribution is -2.41. The summed E-state index contributed by atoms with van der Waals surface area (Å²) in [6.45, 7) is 7.56. The van der Waals surface area contributed by atoms with E-state index in [2.05, 4.69) is 37.9 Å². The van der Waals surface area contributed by atoms with E-state index in [4.69, 9.17) is 0 Å². The van der Waals surface area contributed by atoms with Crippen LogP contribution in [-0.4, -0.2) is 12.6 Å². The van der Waals surface area contributed by atoms with Crippen LogP contribution in [-0.2, 0) is 0 Å². The molecule has 1 saturated heterocycles. The molecule has 1 atom stereocenters. The molecule has 1 aliphatic heterocycles. The molecule has 0 radical (unpaired) electrons. The van der Waals surface area contributed by atoms with Crippen molar-refractivity contribution in [3.8, 4) is 11.8 Å². The fourth-order valence-corrected chi connectivity index (χ4v) is 0.715. The molecule has 1 nitrogen and oxygen atoms in total. The normalized spacial score (nSPS) is 24.5. The number of hydrogen-bond acceptors (Lipinski definition) is 1. The zero-order valence-electron chi connectivity index (χ0n) is 6.99. The van der Waals surface area contributed by atoms with Gasteiger partial charge < -0.3 is 5.32 Å². The van der Waals surface area contributed by atoms with Gasteiger partial charge in [0.15, 0.2) is 0 Å². The van der Waals surface area contributed by atoms with Gasteiger partial charge >= 0.3 is 0 Å². The molecule has 0 aromatic carbocycles. The van der Waals surface area contributed by atoms with Gasteiger partial charge in [-0.15, -0.1) is 0 Å². The maximum atomic E-state index is 3.24. The predicted octanol–water partition coefficient (Wildman–Crippen LogP) is 1.40. The average Bonchev–Trinajstić information content (AvgIpc) is 1.56. The van der Waals surface area contributed by atoms with Crippen LogP contribution < -0.4 is 5.32 Å². The average molecular weight is 137 g/mol. The Balaban J connectivity index is 2.37. The second kappa shape index (κ2) is 2.64. The van der Waals surface area contributed by atoms with E-state index >= 15 is 0 Å². The Morgan fingerprint density at radius 1 is 1.40 bits per heavy atom. The Morgan fingerprint density at radius 3 is 2.30 bits per heavy atom. The Morgan fingerprint density at radius 2 is 2.00 bits per heavy atom. The Hall–Kier alpha value is -0.480. The quantitative estimate of drug-likeness (QED) is 0.498. The standard InChI is InChI=1S/C9H15N/c1-9(2,3)6-4-8-5-7-10-8/h8,10H,5,7H2,1-3H3. The first kappa shape index (κ1) is 7.63. The molecular formula is C9H15N. The Labute approximate surface area is 63.2 Å². The number of rotatable bonds is 0. The van der Waals surface area contributed by atoms with Crippen LogP contribution in [0.3, 0.4) is 0 Å². The fourth-order valence-electron chi connectivity index (χ4n) is 0.715. The van der Waals surface area contributed by atoms with Crippen LogP contribution in [0.2, 0.25) is 0 Å². The molecule has 0 spiro atoms. The molecule has 1 heteroatoms. The summed E-state index contributed by atoms with van der Waals surface area (Å²) in [6, 6.07) is 0.485. The third-order valence-corrected chi connectivity index (χ3v) is 1.45. The van der Waals surface area contributed by atoms with Gasteiger partial charge in [-0.2, -0.15) is 0 Å². The van der Waals surface area contributed by atoms with E-state index < -0.39 is 0 Å².